The molecule has 0 spiro atoms. The van der Waals surface area contributed by atoms with Gasteiger partial charge in [-0.25, -0.2) is 0 Å². The smallest absolute Gasteiger partial charge is 0.282 e. The number of carbonyl (C=O) groups is 2. The van der Waals surface area contributed by atoms with Gasteiger partial charge in [0.15, 0.2) is 10.2 Å². The highest BCUT2D eigenvalue weighted by molar-refractivity contribution is 8.13. The average molecular weight is 617 g/mol. The minimum atomic E-state index is -0.855. The van der Waals surface area contributed by atoms with Crippen LogP contribution in [-0.2, 0) is 23.8 Å². The molecule has 0 amide bonds. The van der Waals surface area contributed by atoms with Gasteiger partial charge < -0.3 is 14.2 Å². The first kappa shape index (κ1) is 38.9. The van der Waals surface area contributed by atoms with E-state index in [9.17, 15) is 9.59 Å². The van der Waals surface area contributed by atoms with Gasteiger partial charge in [-0.15, -0.1) is 0 Å². The summed E-state index contributed by atoms with van der Waals surface area (Å²) in [6, 6.07) is 0. The Morgan fingerprint density at radius 3 is 1.61 bits per heavy atom. The van der Waals surface area contributed by atoms with Crippen LogP contribution in [0.2, 0.25) is 0 Å². The second kappa shape index (κ2) is 24.3. The highest BCUT2D eigenvalue weighted by Gasteiger charge is 2.39. The minimum Gasteiger partial charge on any atom is -0.328 e. The average Bonchev–Trinajstić information content (AvgIpc) is 2.97. The molecule has 1 fully saturated rings. The second-order valence-electron chi connectivity index (χ2n) is 11.7. The molecule has 0 aromatic carbocycles. The normalized spacial score (nSPS) is 17.1. The summed E-state index contributed by atoms with van der Waals surface area (Å²) >= 11 is 3.07. The molecule has 1 atom stereocenters. The summed E-state index contributed by atoms with van der Waals surface area (Å²) in [4.78, 5) is 23.9. The Bertz CT molecular complexity index is 632. The SMILES string of the molecule is CCOC(CCCCCCCCCCCC1CCCCC1(CCSC(=O)CC)CCSC(=O)CC)(OCC)OCC. The van der Waals surface area contributed by atoms with E-state index in [0.29, 0.717) is 48.3 Å². The first-order valence-corrected chi connectivity index (χ1v) is 19.1. The molecule has 242 valence electrons. The van der Waals surface area contributed by atoms with E-state index in [0.717, 1.165) is 43.1 Å². The molecular formula is C34H64O5S2. The summed E-state index contributed by atoms with van der Waals surface area (Å²) in [6.45, 7) is 11.7. The van der Waals surface area contributed by atoms with Gasteiger partial charge in [-0.3, -0.25) is 9.59 Å². The van der Waals surface area contributed by atoms with Crippen LogP contribution in [0, 0.1) is 11.3 Å². The highest BCUT2D eigenvalue weighted by atomic mass is 32.2. The number of ether oxygens (including phenoxy) is 3. The molecule has 0 radical (unpaired) electrons. The lowest BCUT2D eigenvalue weighted by Crippen LogP contribution is -2.39. The summed E-state index contributed by atoms with van der Waals surface area (Å²) in [6.07, 6.45) is 22.4. The van der Waals surface area contributed by atoms with Crippen molar-refractivity contribution < 1.29 is 23.8 Å². The third-order valence-electron chi connectivity index (χ3n) is 8.77. The molecule has 0 saturated heterocycles. The Kier molecular flexibility index (Phi) is 23.0. The van der Waals surface area contributed by atoms with Crippen LogP contribution in [-0.4, -0.2) is 47.5 Å². The molecule has 0 N–H and O–H groups in total. The molecule has 1 aliphatic carbocycles. The van der Waals surface area contributed by atoms with E-state index in [1.54, 1.807) is 0 Å². The van der Waals surface area contributed by atoms with Crippen molar-refractivity contribution >= 4 is 33.8 Å². The van der Waals surface area contributed by atoms with Crippen LogP contribution in [0.15, 0.2) is 0 Å². The first-order valence-electron chi connectivity index (χ1n) is 17.1. The van der Waals surface area contributed by atoms with E-state index in [-0.39, 0.29) is 0 Å². The molecule has 0 bridgehead atoms. The maximum Gasteiger partial charge on any atom is 0.282 e. The summed E-state index contributed by atoms with van der Waals surface area (Å²) in [7, 11) is 0. The van der Waals surface area contributed by atoms with Crippen LogP contribution in [0.4, 0.5) is 0 Å². The van der Waals surface area contributed by atoms with Gasteiger partial charge in [-0.1, -0.05) is 102 Å². The van der Waals surface area contributed by atoms with E-state index in [1.165, 1.54) is 107 Å². The van der Waals surface area contributed by atoms with Gasteiger partial charge in [0.25, 0.3) is 5.97 Å². The van der Waals surface area contributed by atoms with Crippen LogP contribution < -0.4 is 0 Å². The zero-order valence-electron chi connectivity index (χ0n) is 27.4. The lowest BCUT2D eigenvalue weighted by atomic mass is 9.62. The fraction of sp³-hybridized carbons (Fsp3) is 0.941. The Morgan fingerprint density at radius 1 is 0.683 bits per heavy atom. The fourth-order valence-corrected chi connectivity index (χ4v) is 8.40. The molecule has 0 aliphatic heterocycles. The summed E-state index contributed by atoms with van der Waals surface area (Å²) in [5.41, 5.74) is 0.324. The maximum absolute atomic E-state index is 12.0. The summed E-state index contributed by atoms with van der Waals surface area (Å²) < 4.78 is 17.5. The third kappa shape index (κ3) is 16.5. The zero-order valence-corrected chi connectivity index (χ0v) is 29.0. The largest absolute Gasteiger partial charge is 0.328 e. The van der Waals surface area contributed by atoms with Crippen molar-refractivity contribution in [2.45, 2.75) is 163 Å². The van der Waals surface area contributed by atoms with Crippen LogP contribution in [0.25, 0.3) is 0 Å². The zero-order chi connectivity index (χ0) is 30.2. The molecule has 1 rings (SSSR count). The quantitative estimate of drug-likeness (QED) is 0.0707. The van der Waals surface area contributed by atoms with Gasteiger partial charge in [0, 0.05) is 50.6 Å². The van der Waals surface area contributed by atoms with Crippen molar-refractivity contribution in [1.29, 1.82) is 0 Å². The van der Waals surface area contributed by atoms with Crippen LogP contribution in [0.3, 0.4) is 0 Å². The number of hydrogen-bond acceptors (Lipinski definition) is 7. The van der Waals surface area contributed by atoms with E-state index >= 15 is 0 Å². The lowest BCUT2D eigenvalue weighted by molar-refractivity contribution is -0.380. The monoisotopic (exact) mass is 616 g/mol. The third-order valence-corrected chi connectivity index (χ3v) is 10.8. The Balaban J connectivity index is 2.36. The maximum atomic E-state index is 12.0. The minimum absolute atomic E-state index is 0.317. The molecule has 1 aliphatic rings. The highest BCUT2D eigenvalue weighted by Crippen LogP contribution is 2.50. The van der Waals surface area contributed by atoms with Crippen LogP contribution in [0.1, 0.15) is 157 Å². The van der Waals surface area contributed by atoms with Gasteiger partial charge in [-0.05, 0) is 70.6 Å². The number of unbranched alkanes of at least 4 members (excludes halogenated alkanes) is 8. The number of hydrogen-bond donors (Lipinski definition) is 0. The van der Waals surface area contributed by atoms with Crippen molar-refractivity contribution in [3.63, 3.8) is 0 Å². The molecule has 0 aromatic heterocycles. The number of rotatable bonds is 26. The van der Waals surface area contributed by atoms with Crippen molar-refractivity contribution in [3.05, 3.63) is 0 Å². The Hall–Kier alpha value is -0.0800. The van der Waals surface area contributed by atoms with Gasteiger partial charge in [0.2, 0.25) is 0 Å². The molecular weight excluding hydrogens is 553 g/mol. The van der Waals surface area contributed by atoms with Gasteiger partial charge in [0.1, 0.15) is 0 Å². The fourth-order valence-electron chi connectivity index (χ4n) is 6.52. The topological polar surface area (TPSA) is 61.8 Å². The predicted octanol–water partition coefficient (Wildman–Crippen LogP) is 10.3. The van der Waals surface area contributed by atoms with Gasteiger partial charge >= 0.3 is 0 Å². The first-order chi connectivity index (χ1) is 19.9. The van der Waals surface area contributed by atoms with Crippen molar-refractivity contribution in [2.24, 2.45) is 11.3 Å². The number of carbonyl (C=O) groups excluding carboxylic acids is 2. The molecule has 1 unspecified atom stereocenters. The molecule has 7 heteroatoms. The van der Waals surface area contributed by atoms with E-state index in [4.69, 9.17) is 14.2 Å². The lowest BCUT2D eigenvalue weighted by Gasteiger charge is -2.45. The van der Waals surface area contributed by atoms with Gasteiger partial charge in [-0.2, -0.15) is 0 Å². The van der Waals surface area contributed by atoms with Crippen molar-refractivity contribution in [3.8, 4) is 0 Å². The van der Waals surface area contributed by atoms with E-state index in [2.05, 4.69) is 0 Å². The molecule has 1 saturated carbocycles. The Morgan fingerprint density at radius 2 is 1.15 bits per heavy atom. The summed E-state index contributed by atoms with van der Waals surface area (Å²) in [5, 5.41) is 0.635. The van der Waals surface area contributed by atoms with Crippen molar-refractivity contribution in [2.75, 3.05) is 31.3 Å². The predicted molar refractivity (Wildman–Crippen MR) is 178 cm³/mol. The molecule has 0 aromatic rings. The van der Waals surface area contributed by atoms with Crippen LogP contribution in [0.5, 0.6) is 0 Å². The number of thioether (sulfide) groups is 2. The molecule has 0 heterocycles. The Labute approximate surface area is 262 Å². The molecule has 5 nitrogen and oxygen atoms in total. The standard InChI is InChI=1S/C34H64O5S2/c1-6-31(35)40-28-26-33(27-29-41-32(36)7-2)24-21-19-23-30(33)22-18-16-14-12-11-13-15-17-20-25-34(37-8-3,38-9-4)39-10-5/h30H,6-29H2,1-5H3. The van der Waals surface area contributed by atoms with Crippen LogP contribution >= 0.6 is 23.5 Å². The summed E-state index contributed by atoms with van der Waals surface area (Å²) in [5.74, 6) is 1.79. The van der Waals surface area contributed by atoms with Gasteiger partial charge in [0.05, 0.1) is 0 Å². The second-order valence-corrected chi connectivity index (χ2v) is 14.0. The molecule has 41 heavy (non-hydrogen) atoms. The van der Waals surface area contributed by atoms with E-state index in [1.807, 2.05) is 34.6 Å². The van der Waals surface area contributed by atoms with E-state index < -0.39 is 5.97 Å². The van der Waals surface area contributed by atoms with Crippen molar-refractivity contribution in [1.82, 2.24) is 0 Å².